The molecule has 156 valence electrons. The Hall–Kier alpha value is -2.86. The summed E-state index contributed by atoms with van der Waals surface area (Å²) in [7, 11) is 4.62. The van der Waals surface area contributed by atoms with Crippen LogP contribution in [-0.2, 0) is 4.79 Å². The van der Waals surface area contributed by atoms with Gasteiger partial charge in [-0.25, -0.2) is 0 Å². The highest BCUT2D eigenvalue weighted by Crippen LogP contribution is 2.36. The number of unbranched alkanes of at least 4 members (excludes halogenated alkanes) is 1. The minimum absolute atomic E-state index is 0.332. The second-order valence-electron chi connectivity index (χ2n) is 6.12. The Kier molecular flexibility index (Phi) is 8.68. The van der Waals surface area contributed by atoms with Crippen molar-refractivity contribution in [1.29, 1.82) is 0 Å². The molecule has 0 spiro atoms. The molecule has 6 nitrogen and oxygen atoms in total. The Bertz CT molecular complexity index is 867. The molecule has 0 aliphatic carbocycles. The minimum Gasteiger partial charge on any atom is -0.493 e. The normalized spacial score (nSPS) is 10.7. The smallest absolute Gasteiger partial charge is 0.248 e. The van der Waals surface area contributed by atoms with Gasteiger partial charge in [-0.3, -0.25) is 4.79 Å². The highest BCUT2D eigenvalue weighted by Gasteiger charge is 2.11. The molecule has 1 N–H and O–H groups in total. The van der Waals surface area contributed by atoms with Crippen LogP contribution in [0.3, 0.4) is 0 Å². The van der Waals surface area contributed by atoms with E-state index in [0.717, 1.165) is 18.4 Å². The molecule has 0 unspecified atom stereocenters. The van der Waals surface area contributed by atoms with Crippen molar-refractivity contribution >= 4 is 29.3 Å². The van der Waals surface area contributed by atoms with Gasteiger partial charge in [-0.2, -0.15) is 0 Å². The van der Waals surface area contributed by atoms with Gasteiger partial charge in [-0.05, 0) is 30.2 Å². The van der Waals surface area contributed by atoms with Crippen LogP contribution >= 0.6 is 11.6 Å². The van der Waals surface area contributed by atoms with Crippen molar-refractivity contribution in [2.75, 3.05) is 33.3 Å². The first-order valence-electron chi connectivity index (χ1n) is 9.23. The van der Waals surface area contributed by atoms with Crippen molar-refractivity contribution in [3.05, 3.63) is 47.0 Å². The van der Waals surface area contributed by atoms with Gasteiger partial charge < -0.3 is 24.3 Å². The predicted octanol–water partition coefficient (Wildman–Crippen LogP) is 5.20. The summed E-state index contributed by atoms with van der Waals surface area (Å²) >= 11 is 6.20. The molecule has 0 aliphatic rings. The van der Waals surface area contributed by atoms with Crippen LogP contribution in [0.15, 0.2) is 36.4 Å². The molecule has 29 heavy (non-hydrogen) atoms. The molecular weight excluding hydrogens is 394 g/mol. The molecule has 0 heterocycles. The second kappa shape index (κ2) is 11.2. The van der Waals surface area contributed by atoms with Crippen LogP contribution in [0.25, 0.3) is 6.08 Å². The molecule has 0 saturated heterocycles. The first-order chi connectivity index (χ1) is 14.0. The van der Waals surface area contributed by atoms with E-state index in [9.17, 15) is 4.79 Å². The Morgan fingerprint density at radius 1 is 1.00 bits per heavy atom. The molecule has 2 aromatic carbocycles. The van der Waals surface area contributed by atoms with Crippen LogP contribution in [0.4, 0.5) is 5.69 Å². The Morgan fingerprint density at radius 2 is 1.66 bits per heavy atom. The Labute approximate surface area is 176 Å². The van der Waals surface area contributed by atoms with Gasteiger partial charge in [-0.1, -0.05) is 31.0 Å². The predicted molar refractivity (Wildman–Crippen MR) is 116 cm³/mol. The lowest BCUT2D eigenvalue weighted by molar-refractivity contribution is -0.111. The van der Waals surface area contributed by atoms with E-state index in [0.29, 0.717) is 40.3 Å². The summed E-state index contributed by atoms with van der Waals surface area (Å²) in [5.74, 6) is 1.92. The summed E-state index contributed by atoms with van der Waals surface area (Å²) in [6.07, 6.45) is 5.13. The SMILES string of the molecule is CCCCOc1ccc(/C=C/C(=O)Nc2cc(OC)c(OC)cc2Cl)cc1OC. The van der Waals surface area contributed by atoms with Gasteiger partial charge in [-0.15, -0.1) is 0 Å². The number of carbonyl (C=O) groups is 1. The average molecular weight is 420 g/mol. The van der Waals surface area contributed by atoms with E-state index in [1.54, 1.807) is 25.3 Å². The van der Waals surface area contributed by atoms with E-state index in [1.807, 2.05) is 18.2 Å². The first-order valence-corrected chi connectivity index (χ1v) is 9.61. The molecule has 0 radical (unpaired) electrons. The van der Waals surface area contributed by atoms with E-state index in [-0.39, 0.29) is 5.91 Å². The first kappa shape index (κ1) is 22.4. The van der Waals surface area contributed by atoms with Crippen molar-refractivity contribution in [3.8, 4) is 23.0 Å². The van der Waals surface area contributed by atoms with Gasteiger partial charge in [0.15, 0.2) is 23.0 Å². The maximum Gasteiger partial charge on any atom is 0.248 e. The van der Waals surface area contributed by atoms with E-state index < -0.39 is 0 Å². The zero-order valence-corrected chi connectivity index (χ0v) is 17.8. The highest BCUT2D eigenvalue weighted by molar-refractivity contribution is 6.34. The molecule has 0 aliphatic heterocycles. The number of nitrogens with one attached hydrogen (secondary N) is 1. The monoisotopic (exact) mass is 419 g/mol. The van der Waals surface area contributed by atoms with Crippen LogP contribution < -0.4 is 24.3 Å². The summed E-state index contributed by atoms with van der Waals surface area (Å²) < 4.78 is 21.5. The van der Waals surface area contributed by atoms with Crippen molar-refractivity contribution < 1.29 is 23.7 Å². The van der Waals surface area contributed by atoms with Crippen molar-refractivity contribution in [2.24, 2.45) is 0 Å². The van der Waals surface area contributed by atoms with Crippen LogP contribution in [0.1, 0.15) is 25.3 Å². The number of rotatable bonds is 10. The number of ether oxygens (including phenoxy) is 4. The third kappa shape index (κ3) is 6.32. The van der Waals surface area contributed by atoms with Gasteiger partial charge in [0.2, 0.25) is 5.91 Å². The van der Waals surface area contributed by atoms with E-state index >= 15 is 0 Å². The molecule has 0 aromatic heterocycles. The van der Waals surface area contributed by atoms with Gasteiger partial charge >= 0.3 is 0 Å². The van der Waals surface area contributed by atoms with Crippen molar-refractivity contribution in [2.45, 2.75) is 19.8 Å². The zero-order chi connectivity index (χ0) is 21.2. The van der Waals surface area contributed by atoms with Gasteiger partial charge in [0.25, 0.3) is 0 Å². The number of hydrogen-bond donors (Lipinski definition) is 1. The maximum absolute atomic E-state index is 12.3. The van der Waals surface area contributed by atoms with E-state index in [2.05, 4.69) is 12.2 Å². The van der Waals surface area contributed by atoms with Crippen molar-refractivity contribution in [1.82, 2.24) is 0 Å². The fraction of sp³-hybridized carbons (Fsp3) is 0.318. The van der Waals surface area contributed by atoms with E-state index in [1.165, 1.54) is 20.3 Å². The second-order valence-corrected chi connectivity index (χ2v) is 6.53. The highest BCUT2D eigenvalue weighted by atomic mass is 35.5. The summed E-state index contributed by atoms with van der Waals surface area (Å²) in [4.78, 5) is 12.3. The van der Waals surface area contributed by atoms with Crippen molar-refractivity contribution in [3.63, 3.8) is 0 Å². The molecule has 7 heteroatoms. The van der Waals surface area contributed by atoms with Crippen LogP contribution in [0.5, 0.6) is 23.0 Å². The summed E-state index contributed by atoms with van der Waals surface area (Å²) in [6, 6.07) is 8.70. The number of halogens is 1. The number of hydrogen-bond acceptors (Lipinski definition) is 5. The van der Waals surface area contributed by atoms with Crippen LogP contribution in [0, 0.1) is 0 Å². The largest absolute Gasteiger partial charge is 0.493 e. The lowest BCUT2D eigenvalue weighted by atomic mass is 10.2. The lowest BCUT2D eigenvalue weighted by Gasteiger charge is -2.12. The molecule has 2 aromatic rings. The number of anilines is 1. The molecule has 0 bridgehead atoms. The molecule has 0 atom stereocenters. The summed E-state index contributed by atoms with van der Waals surface area (Å²) in [6.45, 7) is 2.74. The fourth-order valence-electron chi connectivity index (χ4n) is 2.53. The molecular formula is C22H26ClNO5. The fourth-order valence-corrected chi connectivity index (χ4v) is 2.73. The Balaban J connectivity index is 2.09. The topological polar surface area (TPSA) is 66.0 Å². The Morgan fingerprint density at radius 3 is 2.31 bits per heavy atom. The average Bonchev–Trinajstić information content (AvgIpc) is 2.74. The van der Waals surface area contributed by atoms with E-state index in [4.69, 9.17) is 30.5 Å². The molecule has 1 amide bonds. The number of methoxy groups -OCH3 is 3. The minimum atomic E-state index is -0.332. The third-order valence-corrected chi connectivity index (χ3v) is 4.41. The maximum atomic E-state index is 12.3. The molecule has 0 fully saturated rings. The number of benzene rings is 2. The standard InChI is InChI=1S/C22H26ClNO5/c1-5-6-11-29-18-9-7-15(12-19(18)26-2)8-10-22(25)24-17-14-21(28-4)20(27-3)13-16(17)23/h7-10,12-14H,5-6,11H2,1-4H3,(H,24,25)/b10-8+. The van der Waals surface area contributed by atoms with Gasteiger partial charge in [0.1, 0.15) is 0 Å². The number of carbonyl (C=O) groups excluding carboxylic acids is 1. The molecule has 0 saturated carbocycles. The van der Waals surface area contributed by atoms with Crippen LogP contribution in [-0.4, -0.2) is 33.8 Å². The zero-order valence-electron chi connectivity index (χ0n) is 17.1. The summed E-state index contributed by atoms with van der Waals surface area (Å²) in [5.41, 5.74) is 1.23. The summed E-state index contributed by atoms with van der Waals surface area (Å²) in [5, 5.41) is 3.08. The van der Waals surface area contributed by atoms with Gasteiger partial charge in [0, 0.05) is 18.2 Å². The lowest BCUT2D eigenvalue weighted by Crippen LogP contribution is -2.08. The third-order valence-electron chi connectivity index (χ3n) is 4.10. The van der Waals surface area contributed by atoms with Crippen LogP contribution in [0.2, 0.25) is 5.02 Å². The quantitative estimate of drug-likeness (QED) is 0.423. The molecule has 2 rings (SSSR count). The number of amides is 1. The van der Waals surface area contributed by atoms with Gasteiger partial charge in [0.05, 0.1) is 38.6 Å².